The topological polar surface area (TPSA) is 105 Å². The first kappa shape index (κ1) is 18.7. The second-order valence-electron chi connectivity index (χ2n) is 7.01. The zero-order valence-electron chi connectivity index (χ0n) is 15.7. The van der Waals surface area contributed by atoms with Crippen molar-refractivity contribution in [2.45, 2.75) is 31.8 Å². The van der Waals surface area contributed by atoms with Gasteiger partial charge < -0.3 is 16.0 Å². The highest BCUT2D eigenvalue weighted by atomic mass is 16.2. The summed E-state index contributed by atoms with van der Waals surface area (Å²) in [5.41, 5.74) is 1.74. The van der Waals surface area contributed by atoms with E-state index in [0.717, 1.165) is 12.8 Å². The summed E-state index contributed by atoms with van der Waals surface area (Å²) >= 11 is 0. The van der Waals surface area contributed by atoms with Crippen LogP contribution in [0.5, 0.6) is 0 Å². The lowest BCUT2D eigenvalue weighted by molar-refractivity contribution is -0.116. The van der Waals surface area contributed by atoms with E-state index in [4.69, 9.17) is 0 Å². The van der Waals surface area contributed by atoms with Crippen molar-refractivity contribution >= 4 is 34.2 Å². The van der Waals surface area contributed by atoms with Gasteiger partial charge in [0.1, 0.15) is 0 Å². The van der Waals surface area contributed by atoms with Crippen LogP contribution in [0.15, 0.2) is 59.7 Å². The standard InChI is InChI=1S/C21H21N5O3/c27-19(11-12-26-13-22-18-4-2-1-3-17(18)20(26)28)23-14-5-7-15(8-6-14)24-21(29)25-16-9-10-16/h1-8,13,16H,9-12H2,(H,23,27)(H2,24,25,29). The predicted molar refractivity (Wildman–Crippen MR) is 111 cm³/mol. The van der Waals surface area contributed by atoms with Crippen LogP contribution in [0.2, 0.25) is 0 Å². The molecular formula is C21H21N5O3. The summed E-state index contributed by atoms with van der Waals surface area (Å²) in [5, 5.41) is 8.92. The molecule has 0 saturated heterocycles. The van der Waals surface area contributed by atoms with Gasteiger partial charge in [0.2, 0.25) is 5.91 Å². The average Bonchev–Trinajstić information content (AvgIpc) is 3.53. The van der Waals surface area contributed by atoms with Gasteiger partial charge >= 0.3 is 6.03 Å². The van der Waals surface area contributed by atoms with E-state index < -0.39 is 0 Å². The van der Waals surface area contributed by atoms with Crippen molar-refractivity contribution in [2.24, 2.45) is 0 Å². The van der Waals surface area contributed by atoms with Crippen LogP contribution in [0.3, 0.4) is 0 Å². The molecule has 1 aliphatic rings. The maximum Gasteiger partial charge on any atom is 0.319 e. The maximum absolute atomic E-state index is 12.4. The average molecular weight is 391 g/mol. The van der Waals surface area contributed by atoms with Crippen LogP contribution in [0.1, 0.15) is 19.3 Å². The van der Waals surface area contributed by atoms with Crippen LogP contribution in [-0.4, -0.2) is 27.5 Å². The van der Waals surface area contributed by atoms with E-state index in [9.17, 15) is 14.4 Å². The van der Waals surface area contributed by atoms with Gasteiger partial charge in [-0.15, -0.1) is 0 Å². The summed E-state index contributed by atoms with van der Waals surface area (Å²) in [7, 11) is 0. The zero-order valence-corrected chi connectivity index (χ0v) is 15.7. The first-order valence-corrected chi connectivity index (χ1v) is 9.50. The molecule has 1 aliphatic carbocycles. The van der Waals surface area contributed by atoms with Crippen LogP contribution in [0.4, 0.5) is 16.2 Å². The van der Waals surface area contributed by atoms with E-state index in [2.05, 4.69) is 20.9 Å². The normalized spacial score (nSPS) is 13.1. The number of para-hydroxylation sites is 1. The van der Waals surface area contributed by atoms with Gasteiger partial charge in [0.15, 0.2) is 0 Å². The number of aryl methyl sites for hydroxylation is 1. The molecule has 148 valence electrons. The Labute approximate surface area is 167 Å². The Morgan fingerprint density at radius 1 is 1.00 bits per heavy atom. The SMILES string of the molecule is O=C(CCn1cnc2ccccc2c1=O)Nc1ccc(NC(=O)NC2CC2)cc1. The number of fused-ring (bicyclic) bond motifs is 1. The van der Waals surface area contributed by atoms with Gasteiger partial charge in [-0.3, -0.25) is 14.2 Å². The molecule has 4 rings (SSSR count). The quantitative estimate of drug-likeness (QED) is 0.601. The summed E-state index contributed by atoms with van der Waals surface area (Å²) in [6, 6.07) is 14.1. The van der Waals surface area contributed by atoms with Crippen molar-refractivity contribution in [3.63, 3.8) is 0 Å². The molecule has 8 heteroatoms. The summed E-state index contributed by atoms with van der Waals surface area (Å²) in [5.74, 6) is -0.211. The third kappa shape index (κ3) is 4.78. The van der Waals surface area contributed by atoms with Gasteiger partial charge in [-0.05, 0) is 49.2 Å². The molecule has 0 bridgehead atoms. The summed E-state index contributed by atoms with van der Waals surface area (Å²) in [6.45, 7) is 0.240. The summed E-state index contributed by atoms with van der Waals surface area (Å²) in [6.07, 6.45) is 3.66. The minimum atomic E-state index is -0.223. The van der Waals surface area contributed by atoms with Crippen molar-refractivity contribution < 1.29 is 9.59 Å². The lowest BCUT2D eigenvalue weighted by Crippen LogP contribution is -2.30. The first-order chi connectivity index (χ1) is 14.1. The Morgan fingerprint density at radius 3 is 2.41 bits per heavy atom. The number of hydrogen-bond acceptors (Lipinski definition) is 4. The smallest absolute Gasteiger partial charge is 0.319 e. The molecule has 1 aromatic heterocycles. The largest absolute Gasteiger partial charge is 0.335 e. The van der Waals surface area contributed by atoms with Gasteiger partial charge in [0.25, 0.3) is 5.56 Å². The van der Waals surface area contributed by atoms with Gasteiger partial charge in [0.05, 0.1) is 17.2 Å². The predicted octanol–water partition coefficient (Wildman–Crippen LogP) is 2.71. The van der Waals surface area contributed by atoms with E-state index in [1.807, 2.05) is 6.07 Å². The van der Waals surface area contributed by atoms with Gasteiger partial charge in [-0.2, -0.15) is 0 Å². The molecule has 1 fully saturated rings. The van der Waals surface area contributed by atoms with E-state index in [0.29, 0.717) is 28.3 Å². The molecule has 29 heavy (non-hydrogen) atoms. The van der Waals surface area contributed by atoms with Crippen molar-refractivity contribution in [2.75, 3.05) is 10.6 Å². The van der Waals surface area contributed by atoms with Crippen LogP contribution in [0.25, 0.3) is 10.9 Å². The fraction of sp³-hybridized carbons (Fsp3) is 0.238. The lowest BCUT2D eigenvalue weighted by Gasteiger charge is -2.09. The molecule has 2 aromatic carbocycles. The number of hydrogen-bond donors (Lipinski definition) is 3. The number of aromatic nitrogens is 2. The third-order valence-electron chi connectivity index (χ3n) is 4.65. The van der Waals surface area contributed by atoms with Crippen molar-refractivity contribution in [1.29, 1.82) is 0 Å². The fourth-order valence-electron chi connectivity index (χ4n) is 2.93. The van der Waals surface area contributed by atoms with Gasteiger partial charge in [0, 0.05) is 30.4 Å². The second-order valence-corrected chi connectivity index (χ2v) is 7.01. The number of benzene rings is 2. The highest BCUT2D eigenvalue weighted by Crippen LogP contribution is 2.19. The van der Waals surface area contributed by atoms with E-state index in [-0.39, 0.29) is 30.5 Å². The molecule has 8 nitrogen and oxygen atoms in total. The maximum atomic E-state index is 12.4. The van der Waals surface area contributed by atoms with Crippen LogP contribution >= 0.6 is 0 Å². The zero-order chi connectivity index (χ0) is 20.2. The minimum Gasteiger partial charge on any atom is -0.335 e. The van der Waals surface area contributed by atoms with Crippen LogP contribution in [0, 0.1) is 0 Å². The minimum absolute atomic E-state index is 0.143. The monoisotopic (exact) mass is 391 g/mol. The summed E-state index contributed by atoms with van der Waals surface area (Å²) < 4.78 is 1.44. The highest BCUT2D eigenvalue weighted by Gasteiger charge is 2.23. The number of carbonyl (C=O) groups is 2. The lowest BCUT2D eigenvalue weighted by atomic mass is 10.2. The Balaban J connectivity index is 1.31. The number of nitrogens with zero attached hydrogens (tertiary/aromatic N) is 2. The molecule has 0 radical (unpaired) electrons. The first-order valence-electron chi connectivity index (χ1n) is 9.50. The van der Waals surface area contributed by atoms with Crippen molar-refractivity contribution in [1.82, 2.24) is 14.9 Å². The molecule has 3 amide bonds. The van der Waals surface area contributed by atoms with Crippen molar-refractivity contribution in [3.8, 4) is 0 Å². The molecule has 3 N–H and O–H groups in total. The van der Waals surface area contributed by atoms with Crippen LogP contribution < -0.4 is 21.5 Å². The second kappa shape index (κ2) is 8.14. The van der Waals surface area contributed by atoms with E-state index >= 15 is 0 Å². The van der Waals surface area contributed by atoms with E-state index in [1.165, 1.54) is 10.9 Å². The van der Waals surface area contributed by atoms with E-state index in [1.54, 1.807) is 42.5 Å². The Hall–Kier alpha value is -3.68. The van der Waals surface area contributed by atoms with Gasteiger partial charge in [-0.1, -0.05) is 12.1 Å². The Bertz CT molecular complexity index is 1100. The fourth-order valence-corrected chi connectivity index (χ4v) is 2.93. The molecule has 0 spiro atoms. The Morgan fingerprint density at radius 2 is 1.69 bits per heavy atom. The molecule has 1 heterocycles. The van der Waals surface area contributed by atoms with Gasteiger partial charge in [-0.25, -0.2) is 9.78 Å². The number of nitrogens with one attached hydrogen (secondary N) is 3. The molecule has 3 aromatic rings. The number of anilines is 2. The molecule has 0 aliphatic heterocycles. The highest BCUT2D eigenvalue weighted by molar-refractivity contribution is 5.92. The molecule has 0 atom stereocenters. The number of urea groups is 1. The Kier molecular flexibility index (Phi) is 5.24. The third-order valence-corrected chi connectivity index (χ3v) is 4.65. The molecule has 1 saturated carbocycles. The molecular weight excluding hydrogens is 370 g/mol. The van der Waals surface area contributed by atoms with Crippen LogP contribution in [-0.2, 0) is 11.3 Å². The molecule has 0 unspecified atom stereocenters. The van der Waals surface area contributed by atoms with Crippen molar-refractivity contribution in [3.05, 3.63) is 65.2 Å². The summed E-state index contributed by atoms with van der Waals surface area (Å²) in [4.78, 5) is 40.7. The number of amides is 3. The number of rotatable bonds is 6. The number of carbonyl (C=O) groups excluding carboxylic acids is 2.